The van der Waals surface area contributed by atoms with E-state index in [1.54, 1.807) is 4.90 Å². The minimum absolute atomic E-state index is 0.0576. The maximum atomic E-state index is 13.4. The highest BCUT2D eigenvalue weighted by Crippen LogP contribution is 2.18. The van der Waals surface area contributed by atoms with E-state index in [4.69, 9.17) is 0 Å². The molecule has 0 aliphatic rings. The van der Waals surface area contributed by atoms with Gasteiger partial charge in [-0.05, 0) is 54.5 Å². The number of benzene rings is 3. The van der Waals surface area contributed by atoms with Crippen LogP contribution < -0.4 is 5.56 Å². The molecule has 31 heavy (non-hydrogen) atoms. The first-order valence-corrected chi connectivity index (χ1v) is 10.5. The fourth-order valence-corrected chi connectivity index (χ4v) is 3.90. The number of aromatic amines is 1. The zero-order valence-electron chi connectivity index (χ0n) is 17.9. The highest BCUT2D eigenvalue weighted by molar-refractivity contribution is 5.95. The van der Waals surface area contributed by atoms with Gasteiger partial charge in [-0.25, -0.2) is 0 Å². The highest BCUT2D eigenvalue weighted by atomic mass is 16.2. The number of pyridine rings is 1. The molecule has 4 heteroatoms. The molecule has 0 unspecified atom stereocenters. The van der Waals surface area contributed by atoms with Gasteiger partial charge in [0.2, 0.25) is 0 Å². The average molecular weight is 411 g/mol. The van der Waals surface area contributed by atoms with Crippen LogP contribution in [-0.4, -0.2) is 22.3 Å². The molecule has 0 radical (unpaired) electrons. The van der Waals surface area contributed by atoms with Gasteiger partial charge in [0.1, 0.15) is 0 Å². The first-order chi connectivity index (χ1) is 15.0. The van der Waals surface area contributed by atoms with Gasteiger partial charge < -0.3 is 9.88 Å². The molecule has 0 spiro atoms. The van der Waals surface area contributed by atoms with Crippen LogP contribution in [0.5, 0.6) is 0 Å². The quantitative estimate of drug-likeness (QED) is 0.485. The van der Waals surface area contributed by atoms with E-state index in [2.05, 4.69) is 17.1 Å². The third-order valence-corrected chi connectivity index (χ3v) is 5.70. The summed E-state index contributed by atoms with van der Waals surface area (Å²) in [6, 6.07) is 25.5. The normalized spacial score (nSPS) is 10.9. The maximum Gasteiger partial charge on any atom is 0.254 e. The number of hydrogen-bond donors (Lipinski definition) is 1. The predicted octanol–water partition coefficient (Wildman–Crippen LogP) is 5.03. The van der Waals surface area contributed by atoms with Crippen molar-refractivity contribution in [2.24, 2.45) is 0 Å². The lowest BCUT2D eigenvalue weighted by atomic mass is 10.1. The molecule has 0 saturated heterocycles. The van der Waals surface area contributed by atoms with Crippen molar-refractivity contribution >= 4 is 16.8 Å². The lowest BCUT2D eigenvalue weighted by molar-refractivity contribution is 0.0744. The number of aromatic nitrogens is 1. The average Bonchev–Trinajstić information content (AvgIpc) is 2.78. The topological polar surface area (TPSA) is 53.2 Å². The number of carbonyl (C=O) groups excluding carboxylic acids is 1. The number of para-hydroxylation sites is 1. The fraction of sp³-hybridized carbons (Fsp3) is 0.185. The van der Waals surface area contributed by atoms with Gasteiger partial charge in [0.05, 0.1) is 12.1 Å². The number of rotatable bonds is 6. The van der Waals surface area contributed by atoms with E-state index in [-0.39, 0.29) is 18.0 Å². The second-order valence-corrected chi connectivity index (χ2v) is 7.94. The van der Waals surface area contributed by atoms with Crippen LogP contribution in [0.25, 0.3) is 10.9 Å². The Bertz CT molecular complexity index is 1280. The summed E-state index contributed by atoms with van der Waals surface area (Å²) in [4.78, 5) is 31.0. The van der Waals surface area contributed by atoms with Crippen molar-refractivity contribution in [3.63, 3.8) is 0 Å². The van der Waals surface area contributed by atoms with Crippen molar-refractivity contribution in [2.45, 2.75) is 26.8 Å². The van der Waals surface area contributed by atoms with Gasteiger partial charge in [0.25, 0.3) is 11.5 Å². The van der Waals surface area contributed by atoms with Crippen LogP contribution in [0, 0.1) is 13.8 Å². The van der Waals surface area contributed by atoms with Gasteiger partial charge in [-0.2, -0.15) is 0 Å². The van der Waals surface area contributed by atoms with Crippen LogP contribution in [0.4, 0.5) is 0 Å². The van der Waals surface area contributed by atoms with Crippen molar-refractivity contribution < 1.29 is 4.79 Å². The molecule has 1 heterocycles. The van der Waals surface area contributed by atoms with E-state index in [0.717, 1.165) is 34.0 Å². The molecule has 0 aliphatic heterocycles. The number of nitrogens with zero attached hydrogens (tertiary/aromatic N) is 1. The lowest BCUT2D eigenvalue weighted by Crippen LogP contribution is -2.35. The number of nitrogens with one attached hydrogen (secondary N) is 1. The van der Waals surface area contributed by atoms with E-state index in [9.17, 15) is 9.59 Å². The Morgan fingerprint density at radius 2 is 1.58 bits per heavy atom. The van der Waals surface area contributed by atoms with Crippen molar-refractivity contribution in [3.05, 3.63) is 117 Å². The Morgan fingerprint density at radius 3 is 2.35 bits per heavy atom. The molecule has 0 aliphatic carbocycles. The van der Waals surface area contributed by atoms with Gasteiger partial charge in [0.15, 0.2) is 0 Å². The zero-order chi connectivity index (χ0) is 21.8. The van der Waals surface area contributed by atoms with Crippen LogP contribution in [0.3, 0.4) is 0 Å². The first-order valence-electron chi connectivity index (χ1n) is 10.5. The van der Waals surface area contributed by atoms with Gasteiger partial charge in [0, 0.05) is 17.7 Å². The van der Waals surface area contributed by atoms with E-state index < -0.39 is 0 Å². The number of amides is 1. The second kappa shape index (κ2) is 9.00. The molecule has 156 valence electrons. The second-order valence-electron chi connectivity index (χ2n) is 7.94. The molecule has 0 saturated carbocycles. The summed E-state index contributed by atoms with van der Waals surface area (Å²) in [6.07, 6.45) is 0.725. The monoisotopic (exact) mass is 410 g/mol. The summed E-state index contributed by atoms with van der Waals surface area (Å²) >= 11 is 0. The number of H-pyrrole nitrogens is 1. The molecule has 4 aromatic rings. The van der Waals surface area contributed by atoms with E-state index >= 15 is 0 Å². The molecule has 0 atom stereocenters. The molecule has 4 rings (SSSR count). The Labute approximate surface area is 182 Å². The highest BCUT2D eigenvalue weighted by Gasteiger charge is 2.19. The van der Waals surface area contributed by atoms with Crippen LogP contribution >= 0.6 is 0 Å². The number of hydrogen-bond acceptors (Lipinski definition) is 2. The Kier molecular flexibility index (Phi) is 5.99. The summed E-state index contributed by atoms with van der Waals surface area (Å²) in [5, 5.41) is 0.973. The zero-order valence-corrected chi connectivity index (χ0v) is 17.9. The van der Waals surface area contributed by atoms with Crippen molar-refractivity contribution in [3.8, 4) is 0 Å². The van der Waals surface area contributed by atoms with E-state index in [1.807, 2.05) is 80.6 Å². The van der Waals surface area contributed by atoms with Crippen LogP contribution in [-0.2, 0) is 13.0 Å². The Morgan fingerprint density at radius 1 is 0.871 bits per heavy atom. The molecule has 1 N–H and O–H groups in total. The van der Waals surface area contributed by atoms with Crippen LogP contribution in [0.1, 0.15) is 32.6 Å². The van der Waals surface area contributed by atoms with Gasteiger partial charge in [-0.1, -0.05) is 66.7 Å². The number of aryl methyl sites for hydroxylation is 2. The lowest BCUT2D eigenvalue weighted by Gasteiger charge is -2.24. The minimum atomic E-state index is -0.149. The first kappa shape index (κ1) is 20.6. The minimum Gasteiger partial charge on any atom is -0.334 e. The molecule has 4 nitrogen and oxygen atoms in total. The van der Waals surface area contributed by atoms with Gasteiger partial charge >= 0.3 is 0 Å². The molecule has 0 bridgehead atoms. The molecule has 3 aromatic carbocycles. The van der Waals surface area contributed by atoms with Crippen molar-refractivity contribution in [1.29, 1.82) is 0 Å². The fourth-order valence-electron chi connectivity index (χ4n) is 3.90. The Hall–Kier alpha value is -3.66. The standard InChI is InChI=1S/C27H26N2O2/c1-19-9-6-7-14-24(19)27(31)29(16-15-21-11-4-3-5-12-21)18-23-17-22-13-8-10-20(2)25(22)28-26(23)30/h3-14,17H,15-16,18H2,1-2H3,(H,28,30). The van der Waals surface area contributed by atoms with E-state index in [1.165, 1.54) is 0 Å². The van der Waals surface area contributed by atoms with Crippen molar-refractivity contribution in [1.82, 2.24) is 9.88 Å². The summed E-state index contributed by atoms with van der Waals surface area (Å²) in [6.45, 7) is 4.71. The summed E-state index contributed by atoms with van der Waals surface area (Å²) in [5.41, 5.74) is 5.07. The third kappa shape index (κ3) is 4.58. The molecular formula is C27H26N2O2. The smallest absolute Gasteiger partial charge is 0.254 e. The number of fused-ring (bicyclic) bond motifs is 1. The predicted molar refractivity (Wildman–Crippen MR) is 125 cm³/mol. The molecule has 1 amide bonds. The largest absolute Gasteiger partial charge is 0.334 e. The summed E-state index contributed by atoms with van der Waals surface area (Å²) in [7, 11) is 0. The van der Waals surface area contributed by atoms with Crippen molar-refractivity contribution in [2.75, 3.05) is 6.54 Å². The maximum absolute atomic E-state index is 13.4. The number of carbonyl (C=O) groups is 1. The summed E-state index contributed by atoms with van der Waals surface area (Å²) in [5.74, 6) is -0.0576. The van der Waals surface area contributed by atoms with Crippen LogP contribution in [0.15, 0.2) is 83.7 Å². The summed E-state index contributed by atoms with van der Waals surface area (Å²) < 4.78 is 0. The SMILES string of the molecule is Cc1ccccc1C(=O)N(CCc1ccccc1)Cc1cc2cccc(C)c2[nH]c1=O. The van der Waals surface area contributed by atoms with Crippen LogP contribution in [0.2, 0.25) is 0 Å². The van der Waals surface area contributed by atoms with Gasteiger partial charge in [-0.15, -0.1) is 0 Å². The molecule has 1 aromatic heterocycles. The van der Waals surface area contributed by atoms with Gasteiger partial charge in [-0.3, -0.25) is 9.59 Å². The molecular weight excluding hydrogens is 384 g/mol. The Balaban J connectivity index is 1.68. The molecule has 0 fully saturated rings. The third-order valence-electron chi connectivity index (χ3n) is 5.70. The van der Waals surface area contributed by atoms with E-state index in [0.29, 0.717) is 17.7 Å².